The molecule has 0 radical (unpaired) electrons. The molecule has 0 bridgehead atoms. The number of imidazole rings is 1. The van der Waals surface area contributed by atoms with Crippen LogP contribution in [0.1, 0.15) is 0 Å². The van der Waals surface area contributed by atoms with Gasteiger partial charge in [-0.1, -0.05) is 18.7 Å². The Morgan fingerprint density at radius 3 is 1.80 bits per heavy atom. The van der Waals surface area contributed by atoms with Gasteiger partial charge in [0.15, 0.2) is 0 Å². The molecule has 0 saturated carbocycles. The van der Waals surface area contributed by atoms with Crippen molar-refractivity contribution in [1.82, 2.24) is 9.97 Å². The smallest absolute Gasteiger partial charge is 0.0675 e. The quantitative estimate of drug-likeness (QED) is 0.488. The van der Waals surface area contributed by atoms with Gasteiger partial charge in [-0.15, -0.1) is 0 Å². The minimum Gasteiger partial charge on any atom is -0.450 e. The summed E-state index contributed by atoms with van der Waals surface area (Å²) in [6.07, 6.45) is 4.78. The molecule has 0 atom stereocenters. The summed E-state index contributed by atoms with van der Waals surface area (Å²) >= 11 is 0. The van der Waals surface area contributed by atoms with Crippen LogP contribution in [0.5, 0.6) is 0 Å². The lowest BCUT2D eigenvalue weighted by Gasteiger charge is -2.14. The molecule has 1 heterocycles. The molecular weight excluding hydrogens is 126 g/mol. The van der Waals surface area contributed by atoms with Gasteiger partial charge in [0.05, 0.1) is 28.2 Å². The van der Waals surface area contributed by atoms with Crippen LogP contribution in [0.2, 0.25) is 0 Å². The van der Waals surface area contributed by atoms with E-state index >= 15 is 0 Å². The van der Waals surface area contributed by atoms with E-state index in [1.165, 1.54) is 6.33 Å². The third-order valence-electron chi connectivity index (χ3n) is 0.372. The lowest BCUT2D eigenvalue weighted by Crippen LogP contribution is -2.27. The van der Waals surface area contributed by atoms with Crippen molar-refractivity contribution in [2.45, 2.75) is 0 Å². The molecule has 3 nitrogen and oxygen atoms in total. The maximum Gasteiger partial charge on any atom is 0.0675 e. The monoisotopic (exact) mass is 141 g/mol. The highest BCUT2D eigenvalue weighted by atomic mass is 15.2. The van der Waals surface area contributed by atoms with Crippen molar-refractivity contribution in [2.75, 3.05) is 28.2 Å². The van der Waals surface area contributed by atoms with Gasteiger partial charge in [0.25, 0.3) is 0 Å². The normalized spacial score (nSPS) is 10.0. The molecule has 0 aliphatic heterocycles. The van der Waals surface area contributed by atoms with E-state index in [1.54, 1.807) is 12.4 Å². The van der Waals surface area contributed by atoms with Crippen molar-refractivity contribution in [3.63, 3.8) is 0 Å². The zero-order valence-electron chi connectivity index (χ0n) is 7.07. The maximum absolute atomic E-state index is 3.61. The fourth-order valence-corrected chi connectivity index (χ4v) is 0.192. The van der Waals surface area contributed by atoms with Gasteiger partial charge in [-0.05, 0) is 0 Å². The summed E-state index contributed by atoms with van der Waals surface area (Å²) in [5.41, 5.74) is 0. The molecule has 0 aromatic carbocycles. The van der Waals surface area contributed by atoms with Crippen molar-refractivity contribution in [3.8, 4) is 0 Å². The molecule has 0 aliphatic carbocycles. The first-order valence-electron chi connectivity index (χ1n) is 3.15. The lowest BCUT2D eigenvalue weighted by atomic mass is 10.8. The van der Waals surface area contributed by atoms with Crippen molar-refractivity contribution >= 4 is 0 Å². The minimum absolute atomic E-state index is 1.00. The number of hydrogen-bond donors (Lipinski definition) is 0. The zero-order chi connectivity index (χ0) is 8.04. The molecule has 0 fully saturated rings. The predicted molar refractivity (Wildman–Crippen MR) is 41.5 cm³/mol. The number of aromatic nitrogens is 2. The SMILES string of the molecule is C[N+](C)(C)C.c1c[n-]cn1. The molecule has 0 unspecified atom stereocenters. The fourth-order valence-electron chi connectivity index (χ4n) is 0.192. The van der Waals surface area contributed by atoms with E-state index in [0.717, 1.165) is 4.48 Å². The Labute approximate surface area is 62.3 Å². The summed E-state index contributed by atoms with van der Waals surface area (Å²) in [6.45, 7) is 0. The van der Waals surface area contributed by atoms with Gasteiger partial charge >= 0.3 is 0 Å². The van der Waals surface area contributed by atoms with Gasteiger partial charge in [0.2, 0.25) is 0 Å². The van der Waals surface area contributed by atoms with Crippen molar-refractivity contribution < 1.29 is 4.48 Å². The van der Waals surface area contributed by atoms with Crippen LogP contribution < -0.4 is 4.98 Å². The zero-order valence-corrected chi connectivity index (χ0v) is 7.07. The molecule has 0 amide bonds. The van der Waals surface area contributed by atoms with E-state index in [0.29, 0.717) is 0 Å². The summed E-state index contributed by atoms with van der Waals surface area (Å²) in [7, 11) is 8.50. The second-order valence-electron chi connectivity index (χ2n) is 3.40. The van der Waals surface area contributed by atoms with E-state index in [9.17, 15) is 0 Å². The summed E-state index contributed by atoms with van der Waals surface area (Å²) in [5.74, 6) is 0. The van der Waals surface area contributed by atoms with Gasteiger partial charge in [-0.3, -0.25) is 0 Å². The number of quaternary nitrogens is 1. The van der Waals surface area contributed by atoms with Crippen molar-refractivity contribution in [3.05, 3.63) is 18.7 Å². The molecule has 10 heavy (non-hydrogen) atoms. The average Bonchev–Trinajstić information content (AvgIpc) is 2.07. The van der Waals surface area contributed by atoms with Crippen LogP contribution >= 0.6 is 0 Å². The Hall–Kier alpha value is -0.830. The Morgan fingerprint density at radius 1 is 1.20 bits per heavy atom. The van der Waals surface area contributed by atoms with Gasteiger partial charge in [-0.2, -0.15) is 0 Å². The standard InChI is InChI=1S/C4H12N.C3H3N2/c1-5(2,3)4;1-2-5-3-4-1/h1-4H3;1-3H/q+1;-1. The van der Waals surface area contributed by atoms with Gasteiger partial charge in [0.1, 0.15) is 0 Å². The lowest BCUT2D eigenvalue weighted by molar-refractivity contribution is -0.849. The minimum atomic E-state index is 1.00. The number of nitrogens with zero attached hydrogens (tertiary/aromatic N) is 3. The average molecular weight is 141 g/mol. The van der Waals surface area contributed by atoms with E-state index in [1.807, 2.05) is 0 Å². The highest BCUT2D eigenvalue weighted by Crippen LogP contribution is 1.73. The van der Waals surface area contributed by atoms with Gasteiger partial charge in [-0.25, -0.2) is 0 Å². The molecule has 58 valence electrons. The Bertz CT molecular complexity index is 115. The molecule has 0 N–H and O–H groups in total. The second kappa shape index (κ2) is 4.06. The first-order valence-corrected chi connectivity index (χ1v) is 3.15. The Kier molecular flexibility index (Phi) is 3.72. The number of rotatable bonds is 0. The molecule has 0 aliphatic rings. The Balaban J connectivity index is 0.000000162. The van der Waals surface area contributed by atoms with Crippen LogP contribution in [0.25, 0.3) is 0 Å². The summed E-state index contributed by atoms with van der Waals surface area (Å²) < 4.78 is 1.00. The molecule has 3 heteroatoms. The number of hydrogen-bond acceptors (Lipinski definition) is 1. The highest BCUT2D eigenvalue weighted by molar-refractivity contribution is 4.64. The Morgan fingerprint density at radius 2 is 1.70 bits per heavy atom. The second-order valence-corrected chi connectivity index (χ2v) is 3.40. The summed E-state index contributed by atoms with van der Waals surface area (Å²) in [5, 5.41) is 0. The van der Waals surface area contributed by atoms with Crippen LogP contribution in [0, 0.1) is 0 Å². The van der Waals surface area contributed by atoms with E-state index in [4.69, 9.17) is 0 Å². The molecule has 1 aromatic rings. The molecule has 0 saturated heterocycles. The van der Waals surface area contributed by atoms with Crippen LogP contribution in [0.15, 0.2) is 18.7 Å². The van der Waals surface area contributed by atoms with Crippen molar-refractivity contribution in [1.29, 1.82) is 0 Å². The molecule has 0 spiro atoms. The topological polar surface area (TPSA) is 27.0 Å². The highest BCUT2D eigenvalue weighted by Gasteiger charge is 1.88. The van der Waals surface area contributed by atoms with E-state index < -0.39 is 0 Å². The fraction of sp³-hybridized carbons (Fsp3) is 0.571. The third kappa shape index (κ3) is 15.7. The first-order chi connectivity index (χ1) is 4.50. The summed E-state index contributed by atoms with van der Waals surface area (Å²) in [6, 6.07) is 0. The van der Waals surface area contributed by atoms with Crippen LogP contribution in [-0.4, -0.2) is 37.7 Å². The molecule has 1 rings (SSSR count). The van der Waals surface area contributed by atoms with Crippen LogP contribution in [0.4, 0.5) is 0 Å². The van der Waals surface area contributed by atoms with E-state index in [2.05, 4.69) is 38.2 Å². The van der Waals surface area contributed by atoms with Gasteiger partial charge in [0, 0.05) is 0 Å². The third-order valence-corrected chi connectivity index (χ3v) is 0.372. The first kappa shape index (κ1) is 9.17. The van der Waals surface area contributed by atoms with E-state index in [-0.39, 0.29) is 0 Å². The summed E-state index contributed by atoms with van der Waals surface area (Å²) in [4.78, 5) is 7.22. The molecule has 1 aromatic heterocycles. The largest absolute Gasteiger partial charge is 0.450 e. The van der Waals surface area contributed by atoms with Gasteiger partial charge < -0.3 is 14.5 Å². The van der Waals surface area contributed by atoms with Crippen LogP contribution in [-0.2, 0) is 0 Å². The van der Waals surface area contributed by atoms with Crippen molar-refractivity contribution in [2.24, 2.45) is 0 Å². The van der Waals surface area contributed by atoms with Crippen LogP contribution in [0.3, 0.4) is 0 Å². The maximum atomic E-state index is 3.61. The molecular formula is C7H15N3. The predicted octanol–water partition coefficient (Wildman–Crippen LogP) is 0.361.